The minimum atomic E-state index is -0.916. The van der Waals surface area contributed by atoms with Crippen LogP contribution in [0.2, 0.25) is 0 Å². The van der Waals surface area contributed by atoms with Crippen molar-refractivity contribution >= 4 is 39.3 Å². The van der Waals surface area contributed by atoms with E-state index in [9.17, 15) is 13.6 Å². The van der Waals surface area contributed by atoms with E-state index in [1.165, 1.54) is 17.8 Å². The van der Waals surface area contributed by atoms with E-state index < -0.39 is 16.9 Å². The third-order valence-corrected chi connectivity index (χ3v) is 4.31. The van der Waals surface area contributed by atoms with Crippen LogP contribution in [0.4, 0.5) is 14.5 Å². The smallest absolute Gasteiger partial charge is 0.237 e. The molecule has 0 heterocycles. The maximum atomic E-state index is 13.1. The van der Waals surface area contributed by atoms with Gasteiger partial charge in [0.15, 0.2) is 11.6 Å². The van der Waals surface area contributed by atoms with Gasteiger partial charge in [0.1, 0.15) is 0 Å². The van der Waals surface area contributed by atoms with Crippen molar-refractivity contribution in [3.63, 3.8) is 0 Å². The SMILES string of the molecule is C[C@@H](Sc1ccc(F)c(F)c1)C(=O)Nc1ccc(Br)cc1. The second-order valence-electron chi connectivity index (χ2n) is 4.33. The monoisotopic (exact) mass is 371 g/mol. The van der Waals surface area contributed by atoms with Gasteiger partial charge in [-0.05, 0) is 49.4 Å². The Morgan fingerprint density at radius 1 is 1.14 bits per heavy atom. The van der Waals surface area contributed by atoms with Crippen molar-refractivity contribution in [2.75, 3.05) is 5.32 Å². The van der Waals surface area contributed by atoms with E-state index in [1.807, 2.05) is 12.1 Å². The molecule has 110 valence electrons. The van der Waals surface area contributed by atoms with Crippen molar-refractivity contribution in [1.82, 2.24) is 0 Å². The predicted molar refractivity (Wildman–Crippen MR) is 84.4 cm³/mol. The van der Waals surface area contributed by atoms with Crippen LogP contribution < -0.4 is 5.32 Å². The Morgan fingerprint density at radius 2 is 1.81 bits per heavy atom. The van der Waals surface area contributed by atoms with E-state index in [1.54, 1.807) is 19.1 Å². The summed E-state index contributed by atoms with van der Waals surface area (Å²) in [4.78, 5) is 12.5. The summed E-state index contributed by atoms with van der Waals surface area (Å²) in [5.41, 5.74) is 0.681. The number of hydrogen-bond acceptors (Lipinski definition) is 2. The Balaban J connectivity index is 1.98. The number of thioether (sulfide) groups is 1. The van der Waals surface area contributed by atoms with Crippen molar-refractivity contribution in [3.8, 4) is 0 Å². The van der Waals surface area contributed by atoms with Crippen LogP contribution in [0.3, 0.4) is 0 Å². The molecule has 0 radical (unpaired) electrons. The highest BCUT2D eigenvalue weighted by molar-refractivity contribution is 9.10. The lowest BCUT2D eigenvalue weighted by atomic mass is 10.3. The lowest BCUT2D eigenvalue weighted by molar-refractivity contribution is -0.115. The van der Waals surface area contributed by atoms with Gasteiger partial charge < -0.3 is 5.32 Å². The van der Waals surface area contributed by atoms with Gasteiger partial charge in [-0.2, -0.15) is 0 Å². The quantitative estimate of drug-likeness (QED) is 0.778. The van der Waals surface area contributed by atoms with Gasteiger partial charge in [-0.25, -0.2) is 8.78 Å². The molecule has 0 saturated heterocycles. The van der Waals surface area contributed by atoms with Gasteiger partial charge in [0.25, 0.3) is 0 Å². The topological polar surface area (TPSA) is 29.1 Å². The maximum Gasteiger partial charge on any atom is 0.237 e. The van der Waals surface area contributed by atoms with Crippen molar-refractivity contribution in [2.24, 2.45) is 0 Å². The van der Waals surface area contributed by atoms with Crippen molar-refractivity contribution in [2.45, 2.75) is 17.1 Å². The van der Waals surface area contributed by atoms with Crippen LogP contribution in [0.15, 0.2) is 51.8 Å². The first-order chi connectivity index (χ1) is 9.95. The molecule has 2 rings (SSSR count). The van der Waals surface area contributed by atoms with Crippen LogP contribution >= 0.6 is 27.7 Å². The molecule has 0 bridgehead atoms. The second kappa shape index (κ2) is 7.04. The number of anilines is 1. The number of hydrogen-bond donors (Lipinski definition) is 1. The van der Waals surface area contributed by atoms with Gasteiger partial charge in [-0.3, -0.25) is 4.79 Å². The van der Waals surface area contributed by atoms with Gasteiger partial charge in [-0.1, -0.05) is 15.9 Å². The fourth-order valence-electron chi connectivity index (χ4n) is 1.58. The number of amides is 1. The molecule has 0 aliphatic rings. The van der Waals surface area contributed by atoms with Gasteiger partial charge >= 0.3 is 0 Å². The zero-order valence-corrected chi connectivity index (χ0v) is 13.5. The highest BCUT2D eigenvalue weighted by Crippen LogP contribution is 2.26. The Morgan fingerprint density at radius 3 is 2.43 bits per heavy atom. The van der Waals surface area contributed by atoms with Crippen molar-refractivity contribution in [3.05, 3.63) is 58.6 Å². The van der Waals surface area contributed by atoms with Gasteiger partial charge in [0, 0.05) is 15.1 Å². The van der Waals surface area contributed by atoms with Crippen molar-refractivity contribution < 1.29 is 13.6 Å². The van der Waals surface area contributed by atoms with Crippen LogP contribution in [0.5, 0.6) is 0 Å². The average Bonchev–Trinajstić information content (AvgIpc) is 2.45. The summed E-state index contributed by atoms with van der Waals surface area (Å²) in [6, 6.07) is 10.8. The number of halogens is 3. The van der Waals surface area contributed by atoms with E-state index in [0.717, 1.165) is 16.6 Å². The Labute approximate surface area is 134 Å². The molecule has 1 amide bonds. The van der Waals surface area contributed by atoms with Crippen LogP contribution in [-0.4, -0.2) is 11.2 Å². The molecule has 0 aliphatic heterocycles. The predicted octanol–water partition coefficient (Wildman–Crippen LogP) is 4.85. The summed E-state index contributed by atoms with van der Waals surface area (Å²) in [5, 5.41) is 2.33. The molecule has 6 heteroatoms. The largest absolute Gasteiger partial charge is 0.325 e. The minimum absolute atomic E-state index is 0.202. The van der Waals surface area contributed by atoms with E-state index in [-0.39, 0.29) is 5.91 Å². The first kappa shape index (κ1) is 16.0. The van der Waals surface area contributed by atoms with E-state index in [4.69, 9.17) is 0 Å². The lowest BCUT2D eigenvalue weighted by Gasteiger charge is -2.12. The Kier molecular flexibility index (Phi) is 5.36. The molecule has 0 aliphatic carbocycles. The first-order valence-corrected chi connectivity index (χ1v) is 7.81. The van der Waals surface area contributed by atoms with E-state index in [0.29, 0.717) is 10.6 Å². The fourth-order valence-corrected chi connectivity index (χ4v) is 2.74. The lowest BCUT2D eigenvalue weighted by Crippen LogP contribution is -2.22. The maximum absolute atomic E-state index is 13.1. The van der Waals surface area contributed by atoms with Gasteiger partial charge in [-0.15, -0.1) is 11.8 Å². The number of carbonyl (C=O) groups excluding carboxylic acids is 1. The van der Waals surface area contributed by atoms with E-state index >= 15 is 0 Å². The molecule has 2 aromatic carbocycles. The Hall–Kier alpha value is -1.40. The summed E-state index contributed by atoms with van der Waals surface area (Å²) >= 11 is 4.48. The fraction of sp³-hybridized carbons (Fsp3) is 0.133. The molecule has 0 aromatic heterocycles. The molecular formula is C15H12BrF2NOS. The first-order valence-electron chi connectivity index (χ1n) is 6.14. The zero-order valence-electron chi connectivity index (χ0n) is 11.1. The summed E-state index contributed by atoms with van der Waals surface area (Å²) in [7, 11) is 0. The standard InChI is InChI=1S/C15H12BrF2NOS/c1-9(21-12-6-7-13(17)14(18)8-12)15(20)19-11-4-2-10(16)3-5-11/h2-9H,1H3,(H,19,20)/t9-/m1/s1. The number of nitrogens with one attached hydrogen (secondary N) is 1. The molecule has 2 aromatic rings. The van der Waals surface area contributed by atoms with E-state index in [2.05, 4.69) is 21.2 Å². The number of carbonyl (C=O) groups is 1. The van der Waals surface area contributed by atoms with Gasteiger partial charge in [0.05, 0.1) is 5.25 Å². The molecular weight excluding hydrogens is 360 g/mol. The summed E-state index contributed by atoms with van der Waals surface area (Å²) in [6.45, 7) is 1.71. The summed E-state index contributed by atoms with van der Waals surface area (Å²) < 4.78 is 26.9. The molecule has 0 saturated carbocycles. The zero-order chi connectivity index (χ0) is 15.4. The molecule has 2 nitrogen and oxygen atoms in total. The number of rotatable bonds is 4. The molecule has 0 unspecified atom stereocenters. The van der Waals surface area contributed by atoms with Crippen molar-refractivity contribution in [1.29, 1.82) is 0 Å². The van der Waals surface area contributed by atoms with Gasteiger partial charge in [0.2, 0.25) is 5.91 Å². The highest BCUT2D eigenvalue weighted by atomic mass is 79.9. The summed E-state index contributed by atoms with van der Waals surface area (Å²) in [6.07, 6.45) is 0. The Bertz CT molecular complexity index is 649. The summed E-state index contributed by atoms with van der Waals surface area (Å²) in [5.74, 6) is -2.01. The molecule has 0 fully saturated rings. The third-order valence-electron chi connectivity index (χ3n) is 2.68. The average molecular weight is 372 g/mol. The molecule has 1 N–H and O–H groups in total. The highest BCUT2D eigenvalue weighted by Gasteiger charge is 2.15. The minimum Gasteiger partial charge on any atom is -0.325 e. The van der Waals surface area contributed by atoms with Crippen LogP contribution in [0.25, 0.3) is 0 Å². The number of benzene rings is 2. The normalized spacial score (nSPS) is 12.0. The molecule has 1 atom stereocenters. The third kappa shape index (κ3) is 4.54. The van der Waals surface area contributed by atoms with Crippen LogP contribution in [0.1, 0.15) is 6.92 Å². The molecule has 0 spiro atoms. The molecule has 21 heavy (non-hydrogen) atoms. The van der Waals surface area contributed by atoms with Crippen LogP contribution in [-0.2, 0) is 4.79 Å². The van der Waals surface area contributed by atoms with Crippen LogP contribution in [0, 0.1) is 11.6 Å². The second-order valence-corrected chi connectivity index (χ2v) is 6.66.